The number of rotatable bonds is 18. The molecule has 0 unspecified atom stereocenters. The minimum Gasteiger partial charge on any atom is -0.488 e. The molecule has 21 heteroatoms. The summed E-state index contributed by atoms with van der Waals surface area (Å²) in [5.41, 5.74) is 8.62. The lowest BCUT2D eigenvalue weighted by Gasteiger charge is -2.09. The van der Waals surface area contributed by atoms with Crippen LogP contribution in [0, 0.1) is 0 Å². The van der Waals surface area contributed by atoms with Crippen LogP contribution in [0.1, 0.15) is 88.8 Å². The lowest BCUT2D eigenvalue weighted by atomic mass is 10.1. The normalized spacial score (nSPS) is 11.9. The zero-order valence-corrected chi connectivity index (χ0v) is 39.6. The van der Waals surface area contributed by atoms with E-state index < -0.39 is 29.2 Å². The summed E-state index contributed by atoms with van der Waals surface area (Å²) in [5.74, 6) is 0.890. The summed E-state index contributed by atoms with van der Waals surface area (Å²) in [6, 6.07) is 20.4. The summed E-state index contributed by atoms with van der Waals surface area (Å²) < 4.78 is 93.6. The standard InChI is InChI=1S/C24H21ClF3N3O3S.C23H23ClF3N3O2S/c1-2-3-4-19-20(35-22(29-19)14-5-8-16(9-6-14)24(26,27)28)13-33-17-10-7-15(18(25)12-17)11-21-30-23(32)34-31-21;1-2-3-4-19-20(13-32-17-10-7-15(18(24)12-17)11-21(28)30-31)33-22(29-19)14-5-8-16(9-6-14)23(25,26)27/h5-10,12H,2-4,11,13H2,1H3,(H,30,31,32);5-10,12,31H,2-4,11,13H2,1H3,(H2,28,30). The van der Waals surface area contributed by atoms with Gasteiger partial charge in [-0.05, 0) is 85.3 Å². The summed E-state index contributed by atoms with van der Waals surface area (Å²) >= 11 is 15.5. The molecule has 0 atom stereocenters. The zero-order chi connectivity index (χ0) is 49.0. The van der Waals surface area contributed by atoms with Gasteiger partial charge in [-0.2, -0.15) is 26.3 Å². The SMILES string of the molecule is CCCCc1nc(-c2ccc(C(F)(F)F)cc2)sc1COc1ccc(CC(N)=NO)c(Cl)c1.CCCCc1nc(-c2ccc(C(F)(F)F)cc2)sc1COc1ccc(Cc2noc(=O)[nH]2)c(Cl)c1. The largest absolute Gasteiger partial charge is 0.488 e. The zero-order valence-electron chi connectivity index (χ0n) is 36.4. The lowest BCUT2D eigenvalue weighted by molar-refractivity contribution is -0.138. The average molecular weight is 1020 g/mol. The summed E-state index contributed by atoms with van der Waals surface area (Å²) in [5, 5.41) is 17.5. The number of halogens is 8. The van der Waals surface area contributed by atoms with Gasteiger partial charge in [0, 0.05) is 34.0 Å². The van der Waals surface area contributed by atoms with Gasteiger partial charge in [0.05, 0.1) is 32.3 Å². The Kier molecular flexibility index (Phi) is 17.7. The van der Waals surface area contributed by atoms with Gasteiger partial charge in [-0.15, -0.1) is 22.7 Å². The molecule has 11 nitrogen and oxygen atoms in total. The molecule has 4 aromatic carbocycles. The number of nitrogens with one attached hydrogen (secondary N) is 1. The maximum atomic E-state index is 12.9. The van der Waals surface area contributed by atoms with Gasteiger partial charge in [-0.25, -0.2) is 14.8 Å². The van der Waals surface area contributed by atoms with Gasteiger partial charge in [0.25, 0.3) is 0 Å². The van der Waals surface area contributed by atoms with Crippen molar-refractivity contribution in [1.29, 1.82) is 0 Å². The third kappa shape index (κ3) is 14.3. The van der Waals surface area contributed by atoms with Crippen molar-refractivity contribution in [1.82, 2.24) is 20.1 Å². The second kappa shape index (κ2) is 23.4. The number of oxime groups is 1. The lowest BCUT2D eigenvalue weighted by Crippen LogP contribution is -2.14. The third-order valence-corrected chi connectivity index (χ3v) is 13.1. The number of hydrogen-bond acceptors (Lipinski definition) is 11. The van der Waals surface area contributed by atoms with E-state index in [2.05, 4.69) is 43.6 Å². The first-order chi connectivity index (χ1) is 32.4. The first-order valence-corrected chi connectivity index (χ1v) is 23.5. The van der Waals surface area contributed by atoms with E-state index in [0.717, 1.165) is 89.5 Å². The Morgan fingerprint density at radius 1 is 0.735 bits per heavy atom. The molecular weight excluding hydrogens is 978 g/mol. The Morgan fingerprint density at radius 2 is 1.19 bits per heavy atom. The highest BCUT2D eigenvalue weighted by Crippen LogP contribution is 2.36. The molecule has 0 bridgehead atoms. The van der Waals surface area contributed by atoms with E-state index in [4.69, 9.17) is 43.6 Å². The van der Waals surface area contributed by atoms with Crippen molar-refractivity contribution in [3.63, 3.8) is 0 Å². The molecule has 0 aliphatic rings. The Morgan fingerprint density at radius 3 is 1.57 bits per heavy atom. The van der Waals surface area contributed by atoms with E-state index in [-0.39, 0.29) is 25.5 Å². The van der Waals surface area contributed by atoms with Crippen molar-refractivity contribution < 1.29 is 45.5 Å². The quantitative estimate of drug-likeness (QED) is 0.0250. The van der Waals surface area contributed by atoms with E-state index in [9.17, 15) is 31.1 Å². The van der Waals surface area contributed by atoms with Gasteiger partial charge >= 0.3 is 18.1 Å². The van der Waals surface area contributed by atoms with Crippen LogP contribution in [0.5, 0.6) is 11.5 Å². The van der Waals surface area contributed by atoms with Crippen LogP contribution in [-0.2, 0) is 51.2 Å². The number of H-pyrrole nitrogens is 1. The fraction of sp³-hybridized carbons (Fsp3) is 0.298. The molecule has 0 radical (unpaired) electrons. The predicted octanol–water partition coefficient (Wildman–Crippen LogP) is 13.4. The van der Waals surface area contributed by atoms with Crippen LogP contribution in [0.4, 0.5) is 26.3 Å². The van der Waals surface area contributed by atoms with Crippen LogP contribution in [0.3, 0.4) is 0 Å². The third-order valence-electron chi connectivity index (χ3n) is 10.1. The number of aromatic nitrogens is 4. The molecule has 3 heterocycles. The number of ether oxygens (including phenoxy) is 2. The molecule has 68 heavy (non-hydrogen) atoms. The molecule has 360 valence electrons. The molecule has 0 saturated carbocycles. The Balaban J connectivity index is 0.000000224. The topological polar surface area (TPSA) is 162 Å². The van der Waals surface area contributed by atoms with Crippen LogP contribution in [0.15, 0.2) is 99.4 Å². The Labute approximate surface area is 404 Å². The number of aromatic amines is 1. The highest BCUT2D eigenvalue weighted by Gasteiger charge is 2.31. The maximum Gasteiger partial charge on any atom is 0.438 e. The molecular formula is C47H44Cl2F6N6O5S2. The molecule has 7 aromatic rings. The van der Waals surface area contributed by atoms with Crippen LogP contribution in [-0.4, -0.2) is 31.2 Å². The summed E-state index contributed by atoms with van der Waals surface area (Å²) in [7, 11) is 0. The number of thiazole rings is 2. The van der Waals surface area contributed by atoms with E-state index in [0.29, 0.717) is 60.5 Å². The van der Waals surface area contributed by atoms with Crippen molar-refractivity contribution in [3.8, 4) is 32.6 Å². The van der Waals surface area contributed by atoms with Gasteiger partial charge in [-0.1, -0.05) is 96.6 Å². The smallest absolute Gasteiger partial charge is 0.438 e. The summed E-state index contributed by atoms with van der Waals surface area (Å²) in [6.45, 7) is 4.67. The second-order valence-corrected chi connectivity index (χ2v) is 18.2. The summed E-state index contributed by atoms with van der Waals surface area (Å²) in [4.78, 5) is 24.8. The number of unbranched alkanes of at least 4 members (excludes halogenated alkanes) is 2. The fourth-order valence-electron chi connectivity index (χ4n) is 6.49. The van der Waals surface area contributed by atoms with E-state index in [1.54, 1.807) is 36.4 Å². The number of amidine groups is 1. The molecule has 0 fully saturated rings. The van der Waals surface area contributed by atoms with Gasteiger partial charge in [0.1, 0.15) is 40.6 Å². The monoisotopic (exact) mass is 1020 g/mol. The van der Waals surface area contributed by atoms with E-state index >= 15 is 0 Å². The molecule has 3 aromatic heterocycles. The number of nitrogens with two attached hydrogens (primary N) is 1. The first-order valence-electron chi connectivity index (χ1n) is 21.1. The molecule has 0 spiro atoms. The first kappa shape index (κ1) is 51.5. The molecule has 0 aliphatic heterocycles. The van der Waals surface area contributed by atoms with Gasteiger partial charge in [-0.3, -0.25) is 9.51 Å². The van der Waals surface area contributed by atoms with Crippen LogP contribution >= 0.6 is 45.9 Å². The van der Waals surface area contributed by atoms with Crippen molar-refractivity contribution in [2.45, 2.75) is 90.8 Å². The van der Waals surface area contributed by atoms with Crippen molar-refractivity contribution in [2.75, 3.05) is 0 Å². The van der Waals surface area contributed by atoms with Crippen LogP contribution in [0.2, 0.25) is 10.0 Å². The predicted molar refractivity (Wildman–Crippen MR) is 251 cm³/mol. The molecule has 0 amide bonds. The minimum absolute atomic E-state index is 0.0478. The van der Waals surface area contributed by atoms with Crippen LogP contribution in [0.25, 0.3) is 21.1 Å². The minimum atomic E-state index is -4.38. The number of benzene rings is 4. The van der Waals surface area contributed by atoms with Crippen LogP contribution < -0.4 is 21.0 Å². The molecule has 4 N–H and O–H groups in total. The van der Waals surface area contributed by atoms with Gasteiger partial charge in [0.15, 0.2) is 5.82 Å². The second-order valence-electron chi connectivity index (χ2n) is 15.2. The molecule has 0 saturated heterocycles. The highest BCUT2D eigenvalue weighted by molar-refractivity contribution is 7.15. The number of alkyl halides is 6. The fourth-order valence-corrected chi connectivity index (χ4v) is 9.02. The van der Waals surface area contributed by atoms with Gasteiger partial charge in [0.2, 0.25) is 0 Å². The Bertz CT molecular complexity index is 2840. The van der Waals surface area contributed by atoms with Crippen molar-refractivity contribution in [2.24, 2.45) is 10.9 Å². The number of nitrogens with zero attached hydrogens (tertiary/aromatic N) is 4. The van der Waals surface area contributed by atoms with Crippen molar-refractivity contribution >= 4 is 51.7 Å². The van der Waals surface area contributed by atoms with E-state index in [1.807, 2.05) is 0 Å². The number of aryl methyl sites for hydroxylation is 2. The van der Waals surface area contributed by atoms with E-state index in [1.165, 1.54) is 46.9 Å². The maximum absolute atomic E-state index is 12.9. The molecule has 0 aliphatic carbocycles. The van der Waals surface area contributed by atoms with Gasteiger partial charge < -0.3 is 20.4 Å². The van der Waals surface area contributed by atoms with Crippen molar-refractivity contribution in [3.05, 3.63) is 155 Å². The number of hydrogen-bond donors (Lipinski definition) is 3. The highest BCUT2D eigenvalue weighted by atomic mass is 35.5. The molecule has 7 rings (SSSR count). The average Bonchev–Trinajstić information content (AvgIpc) is 4.05. The Hall–Kier alpha value is -5.89. The summed E-state index contributed by atoms with van der Waals surface area (Å²) in [6.07, 6.45) is -2.87.